The highest BCUT2D eigenvalue weighted by Crippen LogP contribution is 2.30. The fourth-order valence-electron chi connectivity index (χ4n) is 5.18. The molecule has 3 fully saturated rings. The summed E-state index contributed by atoms with van der Waals surface area (Å²) in [7, 11) is 0. The van der Waals surface area contributed by atoms with Crippen molar-refractivity contribution in [1.29, 1.82) is 0 Å². The third kappa shape index (κ3) is 5.23. The van der Waals surface area contributed by atoms with Crippen LogP contribution in [0.3, 0.4) is 0 Å². The van der Waals surface area contributed by atoms with Gasteiger partial charge < -0.3 is 15.5 Å². The summed E-state index contributed by atoms with van der Waals surface area (Å²) >= 11 is 0. The Labute approximate surface area is 182 Å². The van der Waals surface area contributed by atoms with Gasteiger partial charge in [0, 0.05) is 19.1 Å². The standard InChI is InChI=1S/C23H31FN4O3/c24-18-7-3-5-16(13-18)9-12-28-22(30)19(26-23(28)31)14-21(29)25-15-17-6-4-11-27-10-2-1-8-20(17)27/h3,5,7,13,17,19-20H,1-2,4,6,8-12,14-15H2,(H,25,29)(H,26,31)/t17-,19+,20+/m0/s1. The second-order valence-corrected chi connectivity index (χ2v) is 8.88. The maximum atomic E-state index is 13.3. The molecule has 3 aliphatic heterocycles. The largest absolute Gasteiger partial charge is 0.356 e. The van der Waals surface area contributed by atoms with Crippen LogP contribution in [0, 0.1) is 11.7 Å². The van der Waals surface area contributed by atoms with Crippen LogP contribution in [0.4, 0.5) is 9.18 Å². The number of imide groups is 1. The Morgan fingerprint density at radius 1 is 1.16 bits per heavy atom. The highest BCUT2D eigenvalue weighted by atomic mass is 19.1. The van der Waals surface area contributed by atoms with E-state index in [9.17, 15) is 18.8 Å². The molecule has 0 unspecified atom stereocenters. The zero-order valence-corrected chi connectivity index (χ0v) is 17.8. The zero-order valence-electron chi connectivity index (χ0n) is 17.8. The van der Waals surface area contributed by atoms with E-state index in [1.807, 2.05) is 0 Å². The maximum Gasteiger partial charge on any atom is 0.324 e. The van der Waals surface area contributed by atoms with Gasteiger partial charge >= 0.3 is 6.03 Å². The number of hydrogen-bond acceptors (Lipinski definition) is 4. The molecule has 8 heteroatoms. The SMILES string of the molecule is O=C(C[C@H]1NC(=O)N(CCc2cccc(F)c2)C1=O)NC[C@@H]1CCCN2CCCC[C@H]12. The summed E-state index contributed by atoms with van der Waals surface area (Å²) < 4.78 is 13.3. The maximum absolute atomic E-state index is 13.3. The Morgan fingerprint density at radius 3 is 2.84 bits per heavy atom. The van der Waals surface area contributed by atoms with Crippen LogP contribution in [-0.4, -0.2) is 65.9 Å². The van der Waals surface area contributed by atoms with Gasteiger partial charge in [-0.3, -0.25) is 14.5 Å². The lowest BCUT2D eigenvalue weighted by molar-refractivity contribution is -0.131. The van der Waals surface area contributed by atoms with E-state index in [-0.39, 0.29) is 24.7 Å². The summed E-state index contributed by atoms with van der Waals surface area (Å²) in [5.41, 5.74) is 0.714. The van der Waals surface area contributed by atoms with Crippen molar-refractivity contribution in [3.05, 3.63) is 35.6 Å². The highest BCUT2D eigenvalue weighted by Gasteiger charge is 2.39. The Bertz CT molecular complexity index is 831. The number of nitrogens with zero attached hydrogens (tertiary/aromatic N) is 2. The highest BCUT2D eigenvalue weighted by molar-refractivity contribution is 6.05. The van der Waals surface area contributed by atoms with Gasteiger partial charge in [-0.05, 0) is 68.8 Å². The first-order valence-electron chi connectivity index (χ1n) is 11.4. The lowest BCUT2D eigenvalue weighted by atomic mass is 9.83. The molecule has 1 aromatic carbocycles. The van der Waals surface area contributed by atoms with Crippen molar-refractivity contribution in [1.82, 2.24) is 20.4 Å². The first-order valence-corrected chi connectivity index (χ1v) is 11.4. The monoisotopic (exact) mass is 430 g/mol. The van der Waals surface area contributed by atoms with Crippen LogP contribution in [0.25, 0.3) is 0 Å². The van der Waals surface area contributed by atoms with Crippen molar-refractivity contribution >= 4 is 17.8 Å². The van der Waals surface area contributed by atoms with E-state index in [0.29, 0.717) is 30.5 Å². The van der Waals surface area contributed by atoms with Gasteiger partial charge in [-0.15, -0.1) is 0 Å². The van der Waals surface area contributed by atoms with Crippen LogP contribution in [0.15, 0.2) is 24.3 Å². The van der Waals surface area contributed by atoms with Crippen molar-refractivity contribution in [3.63, 3.8) is 0 Å². The van der Waals surface area contributed by atoms with E-state index in [1.54, 1.807) is 12.1 Å². The molecule has 0 bridgehead atoms. The van der Waals surface area contributed by atoms with Gasteiger partial charge in [-0.2, -0.15) is 0 Å². The molecule has 3 heterocycles. The predicted octanol–water partition coefficient (Wildman–Crippen LogP) is 2.06. The molecule has 4 rings (SSSR count). The molecule has 0 radical (unpaired) electrons. The summed E-state index contributed by atoms with van der Waals surface area (Å²) in [6, 6.07) is 5.32. The minimum absolute atomic E-state index is 0.0534. The fraction of sp³-hybridized carbons (Fsp3) is 0.609. The number of urea groups is 1. The van der Waals surface area contributed by atoms with E-state index in [1.165, 1.54) is 31.4 Å². The smallest absolute Gasteiger partial charge is 0.324 e. The van der Waals surface area contributed by atoms with E-state index < -0.39 is 18.0 Å². The molecule has 168 valence electrons. The first kappa shape index (κ1) is 21.7. The average Bonchev–Trinajstić information content (AvgIpc) is 3.03. The van der Waals surface area contributed by atoms with Crippen LogP contribution >= 0.6 is 0 Å². The fourth-order valence-corrected chi connectivity index (χ4v) is 5.18. The van der Waals surface area contributed by atoms with E-state index in [0.717, 1.165) is 30.8 Å². The Morgan fingerprint density at radius 2 is 2.00 bits per heavy atom. The topological polar surface area (TPSA) is 81.8 Å². The molecule has 0 aliphatic carbocycles. The zero-order chi connectivity index (χ0) is 21.8. The van der Waals surface area contributed by atoms with Gasteiger partial charge in [-0.25, -0.2) is 9.18 Å². The molecule has 3 aliphatic rings. The molecule has 0 aromatic heterocycles. The van der Waals surface area contributed by atoms with Crippen LogP contribution < -0.4 is 10.6 Å². The molecule has 2 N–H and O–H groups in total. The number of hydrogen-bond donors (Lipinski definition) is 2. The molecule has 31 heavy (non-hydrogen) atoms. The number of amides is 4. The third-order valence-electron chi connectivity index (χ3n) is 6.80. The Balaban J connectivity index is 1.24. The molecule has 7 nitrogen and oxygen atoms in total. The second kappa shape index (κ2) is 9.77. The number of nitrogens with one attached hydrogen (secondary N) is 2. The summed E-state index contributed by atoms with van der Waals surface area (Å²) in [6.45, 7) is 3.09. The van der Waals surface area contributed by atoms with Crippen molar-refractivity contribution in [2.24, 2.45) is 5.92 Å². The molecular formula is C23H31FN4O3. The molecule has 0 saturated carbocycles. The number of benzene rings is 1. The van der Waals surface area contributed by atoms with Gasteiger partial charge in [-0.1, -0.05) is 18.6 Å². The number of halogens is 1. The van der Waals surface area contributed by atoms with Gasteiger partial charge in [0.05, 0.1) is 6.42 Å². The van der Waals surface area contributed by atoms with Crippen LogP contribution in [-0.2, 0) is 16.0 Å². The number of carbonyl (C=O) groups is 3. The number of fused-ring (bicyclic) bond motifs is 1. The Kier molecular flexibility index (Phi) is 6.85. The van der Waals surface area contributed by atoms with Crippen molar-refractivity contribution < 1.29 is 18.8 Å². The van der Waals surface area contributed by atoms with Crippen LogP contribution in [0.5, 0.6) is 0 Å². The van der Waals surface area contributed by atoms with E-state index >= 15 is 0 Å². The Hall–Kier alpha value is -2.48. The van der Waals surface area contributed by atoms with Crippen LogP contribution in [0.2, 0.25) is 0 Å². The average molecular weight is 431 g/mol. The van der Waals surface area contributed by atoms with E-state index in [4.69, 9.17) is 0 Å². The van der Waals surface area contributed by atoms with Crippen molar-refractivity contribution in [3.8, 4) is 0 Å². The molecule has 1 aromatic rings. The molecular weight excluding hydrogens is 399 g/mol. The lowest BCUT2D eigenvalue weighted by Crippen LogP contribution is -2.51. The quantitative estimate of drug-likeness (QED) is 0.649. The van der Waals surface area contributed by atoms with Crippen molar-refractivity contribution in [2.75, 3.05) is 26.2 Å². The van der Waals surface area contributed by atoms with Gasteiger partial charge in [0.15, 0.2) is 0 Å². The molecule has 3 saturated heterocycles. The normalized spacial score (nSPS) is 26.5. The first-order chi connectivity index (χ1) is 15.0. The molecule has 4 amide bonds. The third-order valence-corrected chi connectivity index (χ3v) is 6.80. The minimum Gasteiger partial charge on any atom is -0.356 e. The number of carbonyl (C=O) groups excluding carboxylic acids is 3. The number of rotatable bonds is 7. The summed E-state index contributed by atoms with van der Waals surface area (Å²) in [5.74, 6) is -0.501. The summed E-state index contributed by atoms with van der Waals surface area (Å²) in [6.07, 6.45) is 6.30. The summed E-state index contributed by atoms with van der Waals surface area (Å²) in [4.78, 5) is 41.0. The van der Waals surface area contributed by atoms with Gasteiger partial charge in [0.25, 0.3) is 5.91 Å². The summed E-state index contributed by atoms with van der Waals surface area (Å²) in [5, 5.41) is 5.61. The van der Waals surface area contributed by atoms with Crippen molar-refractivity contribution in [2.45, 2.75) is 57.0 Å². The molecule has 3 atom stereocenters. The molecule has 0 spiro atoms. The van der Waals surface area contributed by atoms with Gasteiger partial charge in [0.1, 0.15) is 11.9 Å². The predicted molar refractivity (Wildman–Crippen MR) is 114 cm³/mol. The lowest BCUT2D eigenvalue weighted by Gasteiger charge is -2.44. The van der Waals surface area contributed by atoms with E-state index in [2.05, 4.69) is 15.5 Å². The minimum atomic E-state index is -0.836. The second-order valence-electron chi connectivity index (χ2n) is 8.88. The van der Waals surface area contributed by atoms with Crippen LogP contribution in [0.1, 0.15) is 44.1 Å². The number of piperidine rings is 2. The van der Waals surface area contributed by atoms with Gasteiger partial charge in [0.2, 0.25) is 5.91 Å².